The molecule has 0 aliphatic rings. The second-order valence-corrected chi connectivity index (χ2v) is 6.31. The Morgan fingerprint density at radius 1 is 1.11 bits per heavy atom. The second-order valence-electron chi connectivity index (χ2n) is 4.71. The summed E-state index contributed by atoms with van der Waals surface area (Å²) in [6, 6.07) is 15.3. The predicted octanol–water partition coefficient (Wildman–Crippen LogP) is 5.42. The van der Waals surface area contributed by atoms with Crippen LogP contribution in [0.25, 0.3) is 0 Å². The average Bonchev–Trinajstić information content (AvgIpc) is 2.95. The van der Waals surface area contributed by atoms with Crippen LogP contribution in [0.2, 0.25) is 0 Å². The molecule has 0 N–H and O–H groups in total. The van der Waals surface area contributed by atoms with E-state index in [-0.39, 0.29) is 5.41 Å². The van der Waals surface area contributed by atoms with Gasteiger partial charge in [0, 0.05) is 15.6 Å². The molecule has 0 aliphatic heterocycles. The third kappa shape index (κ3) is 3.04. The molecule has 0 nitrogen and oxygen atoms in total. The van der Waals surface area contributed by atoms with Gasteiger partial charge in [-0.25, -0.2) is 0 Å². The van der Waals surface area contributed by atoms with Crippen molar-refractivity contribution in [1.82, 2.24) is 0 Å². The monoisotopic (exact) mass is 322 g/mol. The Morgan fingerprint density at radius 2 is 1.89 bits per heavy atom. The molecule has 0 radical (unpaired) electrons. The number of rotatable bonds is 6. The van der Waals surface area contributed by atoms with Gasteiger partial charge >= 0.3 is 0 Å². The molecule has 0 aliphatic carbocycles. The molecule has 18 heavy (non-hydrogen) atoms. The van der Waals surface area contributed by atoms with Crippen molar-refractivity contribution >= 4 is 27.3 Å². The molecule has 0 amide bonds. The van der Waals surface area contributed by atoms with Gasteiger partial charge in [0.05, 0.1) is 0 Å². The van der Waals surface area contributed by atoms with Gasteiger partial charge in [0.1, 0.15) is 0 Å². The number of hydrogen-bond donors (Lipinski definition) is 0. The van der Waals surface area contributed by atoms with Gasteiger partial charge < -0.3 is 0 Å². The lowest BCUT2D eigenvalue weighted by atomic mass is 9.76. The maximum absolute atomic E-state index is 3.74. The predicted molar refractivity (Wildman–Crippen MR) is 84.8 cm³/mol. The lowest BCUT2D eigenvalue weighted by Crippen LogP contribution is -2.28. The van der Waals surface area contributed by atoms with Gasteiger partial charge in [-0.05, 0) is 36.3 Å². The van der Waals surface area contributed by atoms with Crippen molar-refractivity contribution in [2.45, 2.75) is 31.6 Å². The lowest BCUT2D eigenvalue weighted by molar-refractivity contribution is 0.432. The van der Waals surface area contributed by atoms with E-state index in [4.69, 9.17) is 0 Å². The molecule has 2 aromatic rings. The molecule has 1 atom stereocenters. The minimum atomic E-state index is 0.269. The van der Waals surface area contributed by atoms with Gasteiger partial charge in [-0.2, -0.15) is 0 Å². The van der Waals surface area contributed by atoms with Crippen molar-refractivity contribution < 1.29 is 0 Å². The minimum absolute atomic E-state index is 0.269. The van der Waals surface area contributed by atoms with Gasteiger partial charge in [0.25, 0.3) is 0 Å². The molecular weight excluding hydrogens is 304 g/mol. The molecule has 1 aromatic carbocycles. The van der Waals surface area contributed by atoms with Crippen molar-refractivity contribution in [2.75, 3.05) is 5.33 Å². The van der Waals surface area contributed by atoms with Gasteiger partial charge in [0.2, 0.25) is 0 Å². The highest BCUT2D eigenvalue weighted by atomic mass is 79.9. The normalized spacial score (nSPS) is 14.3. The Bertz CT molecular complexity index is 443. The largest absolute Gasteiger partial charge is 0.149 e. The zero-order chi connectivity index (χ0) is 12.8. The summed E-state index contributed by atoms with van der Waals surface area (Å²) in [6.45, 7) is 2.29. The van der Waals surface area contributed by atoms with Crippen LogP contribution in [0.3, 0.4) is 0 Å². The molecule has 0 fully saturated rings. The number of halogens is 1. The van der Waals surface area contributed by atoms with E-state index < -0.39 is 0 Å². The number of alkyl halides is 1. The Balaban J connectivity index is 2.16. The minimum Gasteiger partial charge on any atom is -0.149 e. The van der Waals surface area contributed by atoms with Gasteiger partial charge in [-0.1, -0.05) is 59.3 Å². The zero-order valence-corrected chi connectivity index (χ0v) is 13.1. The highest BCUT2D eigenvalue weighted by Gasteiger charge is 2.28. The first-order chi connectivity index (χ1) is 8.80. The summed E-state index contributed by atoms with van der Waals surface area (Å²) in [7, 11) is 0. The van der Waals surface area contributed by atoms with Crippen molar-refractivity contribution in [3.63, 3.8) is 0 Å². The zero-order valence-electron chi connectivity index (χ0n) is 10.7. The Hall–Kier alpha value is -0.600. The first-order valence-electron chi connectivity index (χ1n) is 6.44. The highest BCUT2D eigenvalue weighted by Crippen LogP contribution is 2.35. The van der Waals surface area contributed by atoms with Crippen molar-refractivity contribution in [1.29, 1.82) is 0 Å². The van der Waals surface area contributed by atoms with Crippen LogP contribution in [0.4, 0.5) is 0 Å². The quantitative estimate of drug-likeness (QED) is 0.622. The summed E-state index contributed by atoms with van der Waals surface area (Å²) >= 11 is 5.60. The Kier molecular flexibility index (Phi) is 5.02. The van der Waals surface area contributed by atoms with Crippen LogP contribution < -0.4 is 0 Å². The summed E-state index contributed by atoms with van der Waals surface area (Å²) in [6.07, 6.45) is 3.55. The van der Waals surface area contributed by atoms with E-state index in [9.17, 15) is 0 Å². The Labute approximate surface area is 122 Å². The maximum Gasteiger partial charge on any atom is 0.0129 e. The molecule has 1 heterocycles. The smallest absolute Gasteiger partial charge is 0.0129 e. The van der Waals surface area contributed by atoms with Crippen LogP contribution in [0.1, 0.15) is 30.2 Å². The summed E-state index contributed by atoms with van der Waals surface area (Å²) in [5, 5.41) is 3.20. The van der Waals surface area contributed by atoms with Gasteiger partial charge in [-0.15, -0.1) is 11.3 Å². The van der Waals surface area contributed by atoms with Crippen molar-refractivity contribution in [3.8, 4) is 0 Å². The van der Waals surface area contributed by atoms with Crippen molar-refractivity contribution in [3.05, 3.63) is 58.3 Å². The molecule has 96 valence electrons. The van der Waals surface area contributed by atoms with E-state index in [1.807, 2.05) is 11.3 Å². The molecule has 0 saturated heterocycles. The van der Waals surface area contributed by atoms with Gasteiger partial charge in [0.15, 0.2) is 0 Å². The van der Waals surface area contributed by atoms with Crippen LogP contribution in [0.5, 0.6) is 0 Å². The van der Waals surface area contributed by atoms with E-state index in [0.29, 0.717) is 0 Å². The van der Waals surface area contributed by atoms with Crippen LogP contribution in [0, 0.1) is 0 Å². The topological polar surface area (TPSA) is 0 Å². The molecule has 2 heteroatoms. The standard InChI is InChI=1S/C16H19BrS/c1-2-16(13-17,14-7-4-3-5-8-14)11-10-15-9-6-12-18-15/h3-9,12H,2,10-11,13H2,1H3. The maximum atomic E-state index is 3.74. The van der Waals surface area contributed by atoms with E-state index in [1.54, 1.807) is 0 Å². The summed E-state index contributed by atoms with van der Waals surface area (Å²) < 4.78 is 0. The van der Waals surface area contributed by atoms with E-state index in [1.165, 1.54) is 29.7 Å². The molecule has 2 rings (SSSR count). The number of aryl methyl sites for hydroxylation is 1. The number of benzene rings is 1. The van der Waals surface area contributed by atoms with Gasteiger partial charge in [-0.3, -0.25) is 0 Å². The van der Waals surface area contributed by atoms with E-state index >= 15 is 0 Å². The molecule has 1 unspecified atom stereocenters. The lowest BCUT2D eigenvalue weighted by Gasteiger charge is -2.31. The fourth-order valence-corrected chi connectivity index (χ4v) is 4.08. The van der Waals surface area contributed by atoms with Crippen LogP contribution in [-0.2, 0) is 11.8 Å². The Morgan fingerprint density at radius 3 is 2.44 bits per heavy atom. The molecule has 0 spiro atoms. The molecule has 0 saturated carbocycles. The summed E-state index contributed by atoms with van der Waals surface area (Å²) in [4.78, 5) is 1.49. The summed E-state index contributed by atoms with van der Waals surface area (Å²) in [5.74, 6) is 0. The van der Waals surface area contributed by atoms with E-state index in [0.717, 1.165) is 5.33 Å². The molecular formula is C16H19BrS. The third-order valence-corrected chi connectivity index (χ3v) is 5.76. The molecule has 0 bridgehead atoms. The highest BCUT2D eigenvalue weighted by molar-refractivity contribution is 9.09. The first kappa shape index (κ1) is 13.8. The SMILES string of the molecule is CCC(CBr)(CCc1cccs1)c1ccccc1. The van der Waals surface area contributed by atoms with E-state index in [2.05, 4.69) is 70.7 Å². The first-order valence-corrected chi connectivity index (χ1v) is 8.45. The molecule has 1 aromatic heterocycles. The average molecular weight is 323 g/mol. The second kappa shape index (κ2) is 6.53. The van der Waals surface area contributed by atoms with Crippen LogP contribution >= 0.6 is 27.3 Å². The van der Waals surface area contributed by atoms with Crippen LogP contribution in [0.15, 0.2) is 47.8 Å². The van der Waals surface area contributed by atoms with Crippen molar-refractivity contribution in [2.24, 2.45) is 0 Å². The third-order valence-electron chi connectivity index (χ3n) is 3.75. The fourth-order valence-electron chi connectivity index (χ4n) is 2.37. The number of thiophene rings is 1. The fraction of sp³-hybridized carbons (Fsp3) is 0.375. The van der Waals surface area contributed by atoms with Crippen LogP contribution in [-0.4, -0.2) is 5.33 Å². The number of hydrogen-bond acceptors (Lipinski definition) is 1. The summed E-state index contributed by atoms with van der Waals surface area (Å²) in [5.41, 5.74) is 1.73.